The van der Waals surface area contributed by atoms with Gasteiger partial charge in [0.15, 0.2) is 0 Å². The van der Waals surface area contributed by atoms with Crippen LogP contribution in [0, 0.1) is 5.92 Å². The zero-order chi connectivity index (χ0) is 19.8. The largest absolute Gasteiger partial charge is 0.377 e. The third kappa shape index (κ3) is 6.26. The number of thiophene rings is 1. The zero-order valence-corrected chi connectivity index (χ0v) is 18.4. The molecule has 1 unspecified atom stereocenters. The SMILES string of the molecule is C=C1CCCCN1C(/C=C\C)=C/C=C/N1CCC(CNCc2ccc(Cl)s2)C1. The lowest BCUT2D eigenvalue weighted by Gasteiger charge is -2.31. The first-order chi connectivity index (χ1) is 13.7. The third-order valence-corrected chi connectivity index (χ3v) is 6.60. The van der Waals surface area contributed by atoms with E-state index in [2.05, 4.69) is 65.2 Å². The topological polar surface area (TPSA) is 18.5 Å². The van der Waals surface area contributed by atoms with Crippen LogP contribution in [0.3, 0.4) is 0 Å². The van der Waals surface area contributed by atoms with E-state index in [4.69, 9.17) is 11.6 Å². The zero-order valence-electron chi connectivity index (χ0n) is 16.9. The van der Waals surface area contributed by atoms with Gasteiger partial charge in [-0.2, -0.15) is 0 Å². The molecular weight excluding hydrogens is 386 g/mol. The highest BCUT2D eigenvalue weighted by Gasteiger charge is 2.19. The first-order valence-electron chi connectivity index (χ1n) is 10.3. The minimum Gasteiger partial charge on any atom is -0.377 e. The number of rotatable bonds is 8. The Morgan fingerprint density at radius 3 is 3.00 bits per heavy atom. The highest BCUT2D eigenvalue weighted by atomic mass is 35.5. The number of nitrogens with zero attached hydrogens (tertiary/aromatic N) is 2. The van der Waals surface area contributed by atoms with Crippen LogP contribution in [0.15, 0.2) is 60.6 Å². The lowest BCUT2D eigenvalue weighted by molar-refractivity contribution is 0.363. The number of piperidine rings is 1. The highest BCUT2D eigenvalue weighted by Crippen LogP contribution is 2.24. The summed E-state index contributed by atoms with van der Waals surface area (Å²) in [5.41, 5.74) is 2.49. The second-order valence-electron chi connectivity index (χ2n) is 7.59. The van der Waals surface area contributed by atoms with Crippen LogP contribution < -0.4 is 5.32 Å². The number of halogens is 1. The van der Waals surface area contributed by atoms with Crippen molar-refractivity contribution in [3.63, 3.8) is 0 Å². The number of hydrogen-bond acceptors (Lipinski definition) is 4. The number of hydrogen-bond donors (Lipinski definition) is 1. The Kier molecular flexibility index (Phi) is 8.26. The quantitative estimate of drug-likeness (QED) is 0.540. The monoisotopic (exact) mass is 417 g/mol. The molecule has 2 aliphatic heterocycles. The van der Waals surface area contributed by atoms with E-state index in [0.29, 0.717) is 5.92 Å². The molecule has 0 spiro atoms. The molecule has 0 bridgehead atoms. The average Bonchev–Trinajstić information content (AvgIpc) is 3.31. The summed E-state index contributed by atoms with van der Waals surface area (Å²) in [6, 6.07) is 4.08. The number of likely N-dealkylation sites (tertiary alicyclic amines) is 2. The van der Waals surface area contributed by atoms with Crippen LogP contribution in [0.4, 0.5) is 0 Å². The molecule has 2 saturated heterocycles. The van der Waals surface area contributed by atoms with Crippen LogP contribution in [0.5, 0.6) is 0 Å². The standard InChI is InChI=1S/C23H32ClN3S/c1-3-7-21(27-14-5-4-8-19(27)2)9-6-13-26-15-12-20(18-26)16-25-17-22-10-11-23(24)28-22/h3,6-7,9-11,13,20,25H,2,4-5,8,12,14-18H2,1H3/b7-3-,13-6+,21-9+. The van der Waals surface area contributed by atoms with E-state index in [-0.39, 0.29) is 0 Å². The lowest BCUT2D eigenvalue weighted by atomic mass is 10.1. The smallest absolute Gasteiger partial charge is 0.0931 e. The van der Waals surface area contributed by atoms with E-state index in [1.807, 2.05) is 6.07 Å². The normalized spacial score (nSPS) is 21.6. The minimum atomic E-state index is 0.709. The van der Waals surface area contributed by atoms with Gasteiger partial charge in [0, 0.05) is 49.0 Å². The van der Waals surface area contributed by atoms with Gasteiger partial charge < -0.3 is 15.1 Å². The Bertz CT molecular complexity index is 734. The Hall–Kier alpha value is -1.49. The summed E-state index contributed by atoms with van der Waals surface area (Å²) in [6.07, 6.45) is 15.8. The molecule has 1 aromatic heterocycles. The fraction of sp³-hybridized carbons (Fsp3) is 0.478. The van der Waals surface area contributed by atoms with E-state index in [0.717, 1.165) is 43.5 Å². The molecule has 152 valence electrons. The van der Waals surface area contributed by atoms with E-state index in [1.54, 1.807) is 11.3 Å². The Balaban J connectivity index is 1.45. The van der Waals surface area contributed by atoms with Gasteiger partial charge in [-0.1, -0.05) is 24.3 Å². The first-order valence-corrected chi connectivity index (χ1v) is 11.5. The van der Waals surface area contributed by atoms with Crippen molar-refractivity contribution in [1.82, 2.24) is 15.1 Å². The maximum absolute atomic E-state index is 5.99. The van der Waals surface area contributed by atoms with Crippen molar-refractivity contribution in [2.45, 2.75) is 39.2 Å². The molecule has 0 aliphatic carbocycles. The molecule has 0 radical (unpaired) electrons. The van der Waals surface area contributed by atoms with E-state index < -0.39 is 0 Å². The van der Waals surface area contributed by atoms with E-state index in [1.165, 1.54) is 35.5 Å². The Labute approximate surface area is 179 Å². The molecule has 3 rings (SSSR count). The van der Waals surface area contributed by atoms with Crippen molar-refractivity contribution in [2.75, 3.05) is 26.2 Å². The summed E-state index contributed by atoms with van der Waals surface area (Å²) in [5.74, 6) is 0.709. The van der Waals surface area contributed by atoms with Crippen LogP contribution in [-0.4, -0.2) is 36.0 Å². The lowest BCUT2D eigenvalue weighted by Crippen LogP contribution is -2.26. The molecule has 5 heteroatoms. The van der Waals surface area contributed by atoms with Crippen molar-refractivity contribution >= 4 is 22.9 Å². The van der Waals surface area contributed by atoms with Crippen LogP contribution >= 0.6 is 22.9 Å². The van der Waals surface area contributed by atoms with Gasteiger partial charge in [-0.25, -0.2) is 0 Å². The molecule has 1 N–H and O–H groups in total. The molecule has 1 aromatic rings. The van der Waals surface area contributed by atoms with Crippen molar-refractivity contribution in [2.24, 2.45) is 5.92 Å². The van der Waals surface area contributed by atoms with Crippen LogP contribution in [0.25, 0.3) is 0 Å². The number of nitrogens with one attached hydrogen (secondary N) is 1. The van der Waals surface area contributed by atoms with E-state index >= 15 is 0 Å². The van der Waals surface area contributed by atoms with Crippen molar-refractivity contribution in [3.05, 3.63) is 69.8 Å². The molecule has 0 saturated carbocycles. The van der Waals surface area contributed by atoms with Gasteiger partial charge in [0.2, 0.25) is 0 Å². The maximum Gasteiger partial charge on any atom is 0.0931 e. The van der Waals surface area contributed by atoms with E-state index in [9.17, 15) is 0 Å². The molecule has 0 amide bonds. The average molecular weight is 418 g/mol. The fourth-order valence-electron chi connectivity index (χ4n) is 3.88. The highest BCUT2D eigenvalue weighted by molar-refractivity contribution is 7.16. The van der Waals surface area contributed by atoms with Gasteiger partial charge in [0.25, 0.3) is 0 Å². The van der Waals surface area contributed by atoms with Crippen LogP contribution in [0.1, 0.15) is 37.5 Å². The van der Waals surface area contributed by atoms with Crippen LogP contribution in [-0.2, 0) is 6.54 Å². The molecule has 28 heavy (non-hydrogen) atoms. The molecule has 2 aliphatic rings. The second kappa shape index (κ2) is 10.9. The molecular formula is C23H32ClN3S. The van der Waals surface area contributed by atoms with Gasteiger partial charge in [-0.15, -0.1) is 11.3 Å². The third-order valence-electron chi connectivity index (χ3n) is 5.37. The Morgan fingerprint density at radius 2 is 2.25 bits per heavy atom. The second-order valence-corrected chi connectivity index (χ2v) is 9.39. The number of allylic oxidation sites excluding steroid dienone is 5. The predicted molar refractivity (Wildman–Crippen MR) is 122 cm³/mol. The summed E-state index contributed by atoms with van der Waals surface area (Å²) < 4.78 is 0.868. The van der Waals surface area contributed by atoms with Gasteiger partial charge in [0.1, 0.15) is 0 Å². The molecule has 3 heterocycles. The summed E-state index contributed by atoms with van der Waals surface area (Å²) in [6.45, 7) is 11.6. The van der Waals surface area contributed by atoms with Gasteiger partial charge >= 0.3 is 0 Å². The molecule has 3 nitrogen and oxygen atoms in total. The molecule has 1 atom stereocenters. The summed E-state index contributed by atoms with van der Waals surface area (Å²) in [4.78, 5) is 6.10. The summed E-state index contributed by atoms with van der Waals surface area (Å²) in [7, 11) is 0. The predicted octanol–water partition coefficient (Wildman–Crippen LogP) is 5.79. The van der Waals surface area contributed by atoms with Crippen molar-refractivity contribution in [3.8, 4) is 0 Å². The first kappa shape index (κ1) is 21.2. The minimum absolute atomic E-state index is 0.709. The van der Waals surface area contributed by atoms with Gasteiger partial charge in [-0.05, 0) is 75.1 Å². The van der Waals surface area contributed by atoms with Crippen molar-refractivity contribution in [1.29, 1.82) is 0 Å². The summed E-state index contributed by atoms with van der Waals surface area (Å²) >= 11 is 7.65. The van der Waals surface area contributed by atoms with Crippen molar-refractivity contribution < 1.29 is 0 Å². The fourth-order valence-corrected chi connectivity index (χ4v) is 4.94. The summed E-state index contributed by atoms with van der Waals surface area (Å²) in [5, 5.41) is 3.58. The van der Waals surface area contributed by atoms with Gasteiger partial charge in [-0.3, -0.25) is 0 Å². The van der Waals surface area contributed by atoms with Crippen LogP contribution in [0.2, 0.25) is 4.34 Å². The Morgan fingerprint density at radius 1 is 1.36 bits per heavy atom. The van der Waals surface area contributed by atoms with Gasteiger partial charge in [0.05, 0.1) is 4.34 Å². The molecule has 2 fully saturated rings. The maximum atomic E-state index is 5.99. The molecule has 0 aromatic carbocycles.